The van der Waals surface area contributed by atoms with Gasteiger partial charge in [-0.1, -0.05) is 12.1 Å². The molecule has 0 aliphatic carbocycles. The van der Waals surface area contributed by atoms with Gasteiger partial charge < -0.3 is 10.1 Å². The largest absolute Gasteiger partial charge is 0.482 e. The normalized spacial score (nSPS) is 13.1. The van der Waals surface area contributed by atoms with Crippen molar-refractivity contribution in [2.75, 3.05) is 11.9 Å². The summed E-state index contributed by atoms with van der Waals surface area (Å²) in [6.07, 6.45) is 0. The number of benzene rings is 2. The van der Waals surface area contributed by atoms with Gasteiger partial charge in [0.1, 0.15) is 5.75 Å². The van der Waals surface area contributed by atoms with Crippen LogP contribution in [0.4, 0.5) is 5.69 Å². The van der Waals surface area contributed by atoms with Gasteiger partial charge in [0.25, 0.3) is 5.91 Å². The first-order chi connectivity index (χ1) is 10.1. The average Bonchev–Trinajstić information content (AvgIpc) is 2.48. The first-order valence-corrected chi connectivity index (χ1v) is 7.22. The number of halogens is 1. The molecule has 21 heavy (non-hydrogen) atoms. The zero-order valence-corrected chi connectivity index (χ0v) is 12.9. The molecule has 0 unspecified atom stereocenters. The molecule has 0 bridgehead atoms. The fraction of sp³-hybridized carbons (Fsp3) is 0.125. The minimum atomic E-state index is -0.219. The van der Waals surface area contributed by atoms with Crippen molar-refractivity contribution < 1.29 is 14.3 Å². The first kappa shape index (κ1) is 13.8. The second kappa shape index (κ2) is 5.33. The fourth-order valence-electron chi connectivity index (χ4n) is 2.20. The first-order valence-electron chi connectivity index (χ1n) is 6.43. The molecule has 1 amide bonds. The molecule has 1 N–H and O–H groups in total. The number of carbonyl (C=O) groups is 2. The maximum atomic E-state index is 12.6. The van der Waals surface area contributed by atoms with E-state index in [1.807, 2.05) is 19.1 Å². The zero-order valence-electron chi connectivity index (χ0n) is 11.3. The van der Waals surface area contributed by atoms with Crippen molar-refractivity contribution in [3.63, 3.8) is 0 Å². The lowest BCUT2D eigenvalue weighted by Crippen LogP contribution is -2.25. The summed E-state index contributed by atoms with van der Waals surface area (Å²) in [6, 6.07) is 10.6. The van der Waals surface area contributed by atoms with E-state index in [0.29, 0.717) is 22.6 Å². The summed E-state index contributed by atoms with van der Waals surface area (Å²) >= 11 is 3.45. The summed E-state index contributed by atoms with van der Waals surface area (Å²) in [5.74, 6) is 0.256. The number of amides is 1. The van der Waals surface area contributed by atoms with Gasteiger partial charge in [-0.2, -0.15) is 0 Å². The quantitative estimate of drug-likeness (QED) is 0.849. The Morgan fingerprint density at radius 2 is 2.10 bits per heavy atom. The van der Waals surface area contributed by atoms with Crippen molar-refractivity contribution >= 4 is 33.3 Å². The van der Waals surface area contributed by atoms with Crippen LogP contribution in [0.15, 0.2) is 40.9 Å². The highest BCUT2D eigenvalue weighted by Gasteiger charge is 2.19. The summed E-state index contributed by atoms with van der Waals surface area (Å²) < 4.78 is 6.07. The van der Waals surface area contributed by atoms with Crippen molar-refractivity contribution in [2.45, 2.75) is 6.92 Å². The Labute approximate surface area is 130 Å². The van der Waals surface area contributed by atoms with Crippen molar-refractivity contribution in [1.29, 1.82) is 0 Å². The Hall–Kier alpha value is -2.14. The maximum absolute atomic E-state index is 12.6. The molecular weight excluding hydrogens is 334 g/mol. The summed E-state index contributed by atoms with van der Waals surface area (Å²) in [5, 5.41) is 2.70. The molecule has 2 aromatic carbocycles. The molecule has 0 fully saturated rings. The SMILES string of the molecule is Cc1cccc(C(=O)c2ccc3c(c2)NC(=O)CO3)c1Br. The van der Waals surface area contributed by atoms with Crippen molar-refractivity contribution in [3.8, 4) is 5.75 Å². The van der Waals surface area contributed by atoms with E-state index in [-0.39, 0.29) is 18.3 Å². The van der Waals surface area contributed by atoms with Gasteiger partial charge >= 0.3 is 0 Å². The highest BCUT2D eigenvalue weighted by molar-refractivity contribution is 9.10. The molecular formula is C16H12BrNO3. The molecule has 0 radical (unpaired) electrons. The molecule has 0 aromatic heterocycles. The Bertz CT molecular complexity index is 755. The van der Waals surface area contributed by atoms with Gasteiger partial charge in [-0.25, -0.2) is 0 Å². The summed E-state index contributed by atoms with van der Waals surface area (Å²) in [4.78, 5) is 24.0. The van der Waals surface area contributed by atoms with Crippen molar-refractivity contribution in [2.24, 2.45) is 0 Å². The number of anilines is 1. The minimum Gasteiger partial charge on any atom is -0.482 e. The Morgan fingerprint density at radius 3 is 2.90 bits per heavy atom. The number of carbonyl (C=O) groups excluding carboxylic acids is 2. The second-order valence-corrected chi connectivity index (χ2v) is 5.61. The van der Waals surface area contributed by atoms with Crippen LogP contribution in [0.25, 0.3) is 0 Å². The smallest absolute Gasteiger partial charge is 0.262 e. The van der Waals surface area contributed by atoms with E-state index in [1.54, 1.807) is 24.3 Å². The van der Waals surface area contributed by atoms with Crippen LogP contribution in [-0.2, 0) is 4.79 Å². The monoisotopic (exact) mass is 345 g/mol. The summed E-state index contributed by atoms with van der Waals surface area (Å²) in [7, 11) is 0. The minimum absolute atomic E-state index is 0.00369. The van der Waals surface area contributed by atoms with Crippen LogP contribution in [0, 0.1) is 6.92 Å². The maximum Gasteiger partial charge on any atom is 0.262 e. The Kier molecular flexibility index (Phi) is 3.51. The lowest BCUT2D eigenvalue weighted by molar-refractivity contribution is -0.118. The van der Waals surface area contributed by atoms with E-state index in [4.69, 9.17) is 4.74 Å². The van der Waals surface area contributed by atoms with Gasteiger partial charge in [-0.3, -0.25) is 9.59 Å². The number of ether oxygens (including phenoxy) is 1. The molecule has 0 spiro atoms. The third-order valence-corrected chi connectivity index (χ3v) is 4.36. The van der Waals surface area contributed by atoms with E-state index < -0.39 is 0 Å². The van der Waals surface area contributed by atoms with Gasteiger partial charge in [-0.05, 0) is 52.7 Å². The summed E-state index contributed by atoms with van der Waals surface area (Å²) in [6.45, 7) is 1.94. The Balaban J connectivity index is 2.01. The number of rotatable bonds is 2. The van der Waals surface area contributed by atoms with Crippen LogP contribution in [0.5, 0.6) is 5.75 Å². The number of fused-ring (bicyclic) bond motifs is 1. The highest BCUT2D eigenvalue weighted by atomic mass is 79.9. The zero-order chi connectivity index (χ0) is 15.0. The van der Waals surface area contributed by atoms with Crippen LogP contribution >= 0.6 is 15.9 Å². The van der Waals surface area contributed by atoms with Crippen LogP contribution in [0.2, 0.25) is 0 Å². The van der Waals surface area contributed by atoms with E-state index in [1.165, 1.54) is 0 Å². The van der Waals surface area contributed by atoms with Gasteiger partial charge in [0.2, 0.25) is 0 Å². The number of aryl methyl sites for hydroxylation is 1. The molecule has 1 aliphatic heterocycles. The molecule has 3 rings (SSSR count). The molecule has 4 nitrogen and oxygen atoms in total. The van der Waals surface area contributed by atoms with Gasteiger partial charge in [-0.15, -0.1) is 0 Å². The number of nitrogens with one attached hydrogen (secondary N) is 1. The predicted octanol–water partition coefficient (Wildman–Crippen LogP) is 3.32. The number of hydrogen-bond acceptors (Lipinski definition) is 3. The third-order valence-electron chi connectivity index (χ3n) is 3.31. The van der Waals surface area contributed by atoms with Crippen molar-refractivity contribution in [1.82, 2.24) is 0 Å². The molecule has 0 atom stereocenters. The van der Waals surface area contributed by atoms with E-state index in [2.05, 4.69) is 21.2 Å². The van der Waals surface area contributed by atoms with Crippen LogP contribution < -0.4 is 10.1 Å². The highest BCUT2D eigenvalue weighted by Crippen LogP contribution is 2.30. The molecule has 1 heterocycles. The van der Waals surface area contributed by atoms with E-state index in [9.17, 15) is 9.59 Å². The summed E-state index contributed by atoms with van der Waals surface area (Å²) in [5.41, 5.74) is 2.63. The fourth-order valence-corrected chi connectivity index (χ4v) is 2.65. The third kappa shape index (κ3) is 2.56. The Morgan fingerprint density at radius 1 is 1.29 bits per heavy atom. The lowest BCUT2D eigenvalue weighted by Gasteiger charge is -2.18. The van der Waals surface area contributed by atoms with E-state index in [0.717, 1.165) is 10.0 Å². The molecule has 0 saturated heterocycles. The lowest BCUT2D eigenvalue weighted by atomic mass is 10.0. The van der Waals surface area contributed by atoms with Crippen LogP contribution in [-0.4, -0.2) is 18.3 Å². The molecule has 106 valence electrons. The van der Waals surface area contributed by atoms with Gasteiger partial charge in [0.15, 0.2) is 12.4 Å². The number of ketones is 1. The molecule has 1 aliphatic rings. The van der Waals surface area contributed by atoms with E-state index >= 15 is 0 Å². The molecule has 2 aromatic rings. The number of hydrogen-bond donors (Lipinski definition) is 1. The molecule has 5 heteroatoms. The average molecular weight is 346 g/mol. The second-order valence-electron chi connectivity index (χ2n) is 4.81. The van der Waals surface area contributed by atoms with Crippen LogP contribution in [0.1, 0.15) is 21.5 Å². The van der Waals surface area contributed by atoms with Crippen molar-refractivity contribution in [3.05, 3.63) is 57.6 Å². The predicted molar refractivity (Wildman–Crippen MR) is 82.9 cm³/mol. The van der Waals surface area contributed by atoms with Gasteiger partial charge in [0, 0.05) is 15.6 Å². The van der Waals surface area contributed by atoms with Gasteiger partial charge in [0.05, 0.1) is 5.69 Å². The standard InChI is InChI=1S/C16H12BrNO3/c1-9-3-2-4-11(15(9)17)16(20)10-5-6-13-12(7-10)18-14(19)8-21-13/h2-7H,8H2,1H3,(H,18,19). The molecule has 0 saturated carbocycles. The topological polar surface area (TPSA) is 55.4 Å². The van der Waals surface area contributed by atoms with Crippen LogP contribution in [0.3, 0.4) is 0 Å².